The number of hydrogen-bond acceptors (Lipinski definition) is 2. The molecule has 1 aromatic rings. The second kappa shape index (κ2) is 7.75. The lowest BCUT2D eigenvalue weighted by atomic mass is 9.88. The molecule has 1 fully saturated rings. The van der Waals surface area contributed by atoms with E-state index in [2.05, 4.69) is 44.8 Å². The Bertz CT molecular complexity index is 455. The van der Waals surface area contributed by atoms with E-state index in [0.717, 1.165) is 5.92 Å². The van der Waals surface area contributed by atoms with Crippen molar-refractivity contribution < 1.29 is 0 Å². The molecule has 1 saturated heterocycles. The standard InChI is InChI=1S/C18H27BrN2/c19-17-5-3-15-4-6-18(13-16(15)12-17)21-9-1-2-14-7-10-20-11-8-14/h3,5,12,14,18,20-21H,1-2,4,6-11,13H2. The summed E-state index contributed by atoms with van der Waals surface area (Å²) in [5.74, 6) is 0.969. The Morgan fingerprint density at radius 2 is 2.00 bits per heavy atom. The monoisotopic (exact) mass is 350 g/mol. The predicted octanol–water partition coefficient (Wildman–Crippen LogP) is 3.68. The van der Waals surface area contributed by atoms with Crippen molar-refractivity contribution in [3.05, 3.63) is 33.8 Å². The molecule has 0 bridgehead atoms. The fourth-order valence-corrected chi connectivity index (χ4v) is 4.18. The maximum Gasteiger partial charge on any atom is 0.0178 e. The van der Waals surface area contributed by atoms with Gasteiger partial charge in [-0.1, -0.05) is 22.0 Å². The Balaban J connectivity index is 1.38. The van der Waals surface area contributed by atoms with Gasteiger partial charge in [0, 0.05) is 10.5 Å². The Labute approximate surface area is 137 Å². The lowest BCUT2D eigenvalue weighted by Gasteiger charge is -2.27. The lowest BCUT2D eigenvalue weighted by Crippen LogP contribution is -2.35. The topological polar surface area (TPSA) is 24.1 Å². The average molecular weight is 351 g/mol. The lowest BCUT2D eigenvalue weighted by molar-refractivity contribution is 0.339. The van der Waals surface area contributed by atoms with Gasteiger partial charge in [-0.25, -0.2) is 0 Å². The highest BCUT2D eigenvalue weighted by Gasteiger charge is 2.18. The summed E-state index contributed by atoms with van der Waals surface area (Å²) in [6.07, 6.45) is 9.23. The van der Waals surface area contributed by atoms with Gasteiger partial charge in [-0.3, -0.25) is 0 Å². The predicted molar refractivity (Wildman–Crippen MR) is 92.8 cm³/mol. The molecule has 3 rings (SSSR count). The van der Waals surface area contributed by atoms with E-state index < -0.39 is 0 Å². The largest absolute Gasteiger partial charge is 0.317 e. The Hall–Kier alpha value is -0.380. The van der Waals surface area contributed by atoms with Crippen LogP contribution in [-0.2, 0) is 12.8 Å². The number of fused-ring (bicyclic) bond motifs is 1. The number of benzene rings is 1. The van der Waals surface area contributed by atoms with Crippen molar-refractivity contribution in [2.75, 3.05) is 19.6 Å². The molecule has 0 saturated carbocycles. The molecule has 1 atom stereocenters. The van der Waals surface area contributed by atoms with Crippen LogP contribution in [0.1, 0.15) is 43.2 Å². The minimum atomic E-state index is 0.680. The van der Waals surface area contributed by atoms with Crippen LogP contribution in [0.5, 0.6) is 0 Å². The summed E-state index contributed by atoms with van der Waals surface area (Å²) in [4.78, 5) is 0. The molecule has 1 aliphatic carbocycles. The minimum Gasteiger partial charge on any atom is -0.317 e. The quantitative estimate of drug-likeness (QED) is 0.791. The molecule has 2 aliphatic rings. The summed E-state index contributed by atoms with van der Waals surface area (Å²) in [6.45, 7) is 3.65. The van der Waals surface area contributed by atoms with Gasteiger partial charge >= 0.3 is 0 Å². The van der Waals surface area contributed by atoms with E-state index in [4.69, 9.17) is 0 Å². The summed E-state index contributed by atoms with van der Waals surface area (Å²) in [7, 11) is 0. The van der Waals surface area contributed by atoms with Gasteiger partial charge in [-0.2, -0.15) is 0 Å². The van der Waals surface area contributed by atoms with Gasteiger partial charge in [-0.05, 0) is 93.8 Å². The van der Waals surface area contributed by atoms with Gasteiger partial charge < -0.3 is 10.6 Å². The number of piperidine rings is 1. The maximum absolute atomic E-state index is 3.79. The van der Waals surface area contributed by atoms with Crippen LogP contribution >= 0.6 is 15.9 Å². The molecule has 1 aliphatic heterocycles. The molecular formula is C18H27BrN2. The number of rotatable bonds is 5. The van der Waals surface area contributed by atoms with Crippen molar-refractivity contribution in [3.63, 3.8) is 0 Å². The zero-order chi connectivity index (χ0) is 14.5. The van der Waals surface area contributed by atoms with Crippen LogP contribution in [0.25, 0.3) is 0 Å². The number of halogens is 1. The van der Waals surface area contributed by atoms with Gasteiger partial charge in [-0.15, -0.1) is 0 Å². The zero-order valence-corrected chi connectivity index (χ0v) is 14.4. The highest BCUT2D eigenvalue weighted by molar-refractivity contribution is 9.10. The Morgan fingerprint density at radius 3 is 2.86 bits per heavy atom. The molecule has 3 heteroatoms. The molecule has 2 N–H and O–H groups in total. The number of nitrogens with one attached hydrogen (secondary N) is 2. The van der Waals surface area contributed by atoms with Crippen molar-refractivity contribution >= 4 is 15.9 Å². The van der Waals surface area contributed by atoms with E-state index in [1.807, 2.05) is 0 Å². The first-order chi connectivity index (χ1) is 10.3. The van der Waals surface area contributed by atoms with Gasteiger partial charge in [0.05, 0.1) is 0 Å². The van der Waals surface area contributed by atoms with Crippen molar-refractivity contribution in [3.8, 4) is 0 Å². The Morgan fingerprint density at radius 1 is 1.14 bits per heavy atom. The third kappa shape index (κ3) is 4.54. The summed E-state index contributed by atoms with van der Waals surface area (Å²) in [6, 6.07) is 7.44. The van der Waals surface area contributed by atoms with Gasteiger partial charge in [0.2, 0.25) is 0 Å². The molecule has 1 aromatic carbocycles. The summed E-state index contributed by atoms with van der Waals surface area (Å²) in [5, 5.41) is 7.24. The van der Waals surface area contributed by atoms with Gasteiger partial charge in [0.25, 0.3) is 0 Å². The summed E-state index contributed by atoms with van der Waals surface area (Å²) >= 11 is 3.59. The fraction of sp³-hybridized carbons (Fsp3) is 0.667. The summed E-state index contributed by atoms with van der Waals surface area (Å²) < 4.78 is 1.22. The highest BCUT2D eigenvalue weighted by atomic mass is 79.9. The van der Waals surface area contributed by atoms with E-state index in [1.54, 1.807) is 5.56 Å². The van der Waals surface area contributed by atoms with Gasteiger partial charge in [0.1, 0.15) is 0 Å². The molecule has 0 spiro atoms. The van der Waals surface area contributed by atoms with E-state index >= 15 is 0 Å². The third-order valence-electron chi connectivity index (χ3n) is 5.08. The molecule has 0 aromatic heterocycles. The molecule has 21 heavy (non-hydrogen) atoms. The molecule has 116 valence electrons. The van der Waals surface area contributed by atoms with Crippen LogP contribution in [0.4, 0.5) is 0 Å². The first-order valence-electron chi connectivity index (χ1n) is 8.52. The third-order valence-corrected chi connectivity index (χ3v) is 5.57. The molecule has 0 radical (unpaired) electrons. The molecule has 1 unspecified atom stereocenters. The van der Waals surface area contributed by atoms with Crippen molar-refractivity contribution in [1.29, 1.82) is 0 Å². The second-order valence-electron chi connectivity index (χ2n) is 6.64. The first kappa shape index (κ1) is 15.5. The molecule has 2 nitrogen and oxygen atoms in total. The molecular weight excluding hydrogens is 324 g/mol. The van der Waals surface area contributed by atoms with Crippen LogP contribution in [0.3, 0.4) is 0 Å². The fourth-order valence-electron chi connectivity index (χ4n) is 3.77. The highest BCUT2D eigenvalue weighted by Crippen LogP contribution is 2.25. The average Bonchev–Trinajstić information content (AvgIpc) is 2.52. The van der Waals surface area contributed by atoms with Crippen molar-refractivity contribution in [2.45, 2.75) is 51.0 Å². The smallest absolute Gasteiger partial charge is 0.0178 e. The van der Waals surface area contributed by atoms with E-state index in [9.17, 15) is 0 Å². The number of hydrogen-bond donors (Lipinski definition) is 2. The first-order valence-corrected chi connectivity index (χ1v) is 9.32. The second-order valence-corrected chi connectivity index (χ2v) is 7.56. The Kier molecular flexibility index (Phi) is 5.73. The van der Waals surface area contributed by atoms with E-state index in [-0.39, 0.29) is 0 Å². The van der Waals surface area contributed by atoms with Crippen LogP contribution < -0.4 is 10.6 Å². The van der Waals surface area contributed by atoms with Crippen LogP contribution in [-0.4, -0.2) is 25.7 Å². The van der Waals surface area contributed by atoms with Crippen molar-refractivity contribution in [1.82, 2.24) is 10.6 Å². The molecule has 1 heterocycles. The van der Waals surface area contributed by atoms with Crippen LogP contribution in [0.15, 0.2) is 22.7 Å². The van der Waals surface area contributed by atoms with E-state index in [1.165, 1.54) is 74.6 Å². The van der Waals surface area contributed by atoms with Crippen LogP contribution in [0, 0.1) is 5.92 Å². The van der Waals surface area contributed by atoms with Crippen molar-refractivity contribution in [2.24, 2.45) is 5.92 Å². The SMILES string of the molecule is Brc1ccc2c(c1)CC(NCCCC1CCNCC1)CC2. The normalized spacial score (nSPS) is 23.0. The minimum absolute atomic E-state index is 0.680. The van der Waals surface area contributed by atoms with E-state index in [0.29, 0.717) is 6.04 Å². The van der Waals surface area contributed by atoms with Gasteiger partial charge in [0.15, 0.2) is 0 Å². The maximum atomic E-state index is 3.79. The molecule has 0 amide bonds. The summed E-state index contributed by atoms with van der Waals surface area (Å²) in [5.41, 5.74) is 3.08. The van der Waals surface area contributed by atoms with Crippen LogP contribution in [0.2, 0.25) is 0 Å². The zero-order valence-electron chi connectivity index (χ0n) is 12.8. The number of aryl methyl sites for hydroxylation is 1.